The molecule has 9 nitrogen and oxygen atoms in total. The van der Waals surface area contributed by atoms with E-state index in [0.717, 1.165) is 23.4 Å². The molecule has 1 atom stereocenters. The van der Waals surface area contributed by atoms with Crippen LogP contribution in [0.5, 0.6) is 11.5 Å². The number of aromatic nitrogens is 2. The van der Waals surface area contributed by atoms with Crippen LogP contribution in [0.4, 0.5) is 5.13 Å². The van der Waals surface area contributed by atoms with E-state index >= 15 is 0 Å². The molecule has 1 aromatic heterocycles. The van der Waals surface area contributed by atoms with Gasteiger partial charge in [0.25, 0.3) is 5.91 Å². The maximum atomic E-state index is 13.1. The SMILES string of the molecule is CCCN1C(=O)/C(=C\c2ccc(OC(CC)C(=O)O)c(OCC)c2)S/C1=N/c1nnc(CC)s1. The Hall–Kier alpha value is -2.92. The number of benzene rings is 1. The van der Waals surface area contributed by atoms with Crippen LogP contribution in [-0.4, -0.2) is 56.5 Å². The summed E-state index contributed by atoms with van der Waals surface area (Å²) in [6.07, 6.45) is 2.70. The first kappa shape index (κ1) is 25.7. The van der Waals surface area contributed by atoms with E-state index in [1.54, 1.807) is 36.1 Å². The predicted octanol–water partition coefficient (Wildman–Crippen LogP) is 4.76. The summed E-state index contributed by atoms with van der Waals surface area (Å²) in [6.45, 7) is 8.52. The molecule has 0 radical (unpaired) electrons. The molecule has 1 aliphatic heterocycles. The number of carbonyl (C=O) groups is 2. The molecule has 2 heterocycles. The van der Waals surface area contributed by atoms with Crippen LogP contribution in [-0.2, 0) is 16.0 Å². The van der Waals surface area contributed by atoms with Crippen LogP contribution in [0, 0.1) is 0 Å². The van der Waals surface area contributed by atoms with Crippen LogP contribution in [0.3, 0.4) is 0 Å². The molecule has 1 saturated heterocycles. The number of rotatable bonds is 11. The van der Waals surface area contributed by atoms with Gasteiger partial charge in [-0.15, -0.1) is 10.2 Å². The highest BCUT2D eigenvalue weighted by atomic mass is 32.2. The summed E-state index contributed by atoms with van der Waals surface area (Å²) in [5.74, 6) is -0.386. The summed E-state index contributed by atoms with van der Waals surface area (Å²) in [5.41, 5.74) is 0.733. The maximum absolute atomic E-state index is 13.1. The van der Waals surface area contributed by atoms with Crippen molar-refractivity contribution in [2.75, 3.05) is 13.2 Å². The van der Waals surface area contributed by atoms with Crippen molar-refractivity contribution in [1.29, 1.82) is 0 Å². The van der Waals surface area contributed by atoms with E-state index < -0.39 is 12.1 Å². The van der Waals surface area contributed by atoms with Gasteiger partial charge in [-0.2, -0.15) is 4.99 Å². The molecule has 182 valence electrons. The molecule has 0 aliphatic carbocycles. The molecule has 1 aromatic carbocycles. The zero-order valence-corrected chi connectivity index (χ0v) is 21.2. The van der Waals surface area contributed by atoms with E-state index in [9.17, 15) is 14.7 Å². The van der Waals surface area contributed by atoms with Gasteiger partial charge in [-0.25, -0.2) is 4.79 Å². The summed E-state index contributed by atoms with van der Waals surface area (Å²) < 4.78 is 11.3. The Balaban J connectivity index is 1.90. The summed E-state index contributed by atoms with van der Waals surface area (Å²) >= 11 is 2.70. The lowest BCUT2D eigenvalue weighted by molar-refractivity contribution is -0.145. The van der Waals surface area contributed by atoms with Gasteiger partial charge >= 0.3 is 5.97 Å². The number of amides is 1. The fourth-order valence-electron chi connectivity index (χ4n) is 3.12. The van der Waals surface area contributed by atoms with Gasteiger partial charge in [0.05, 0.1) is 11.5 Å². The summed E-state index contributed by atoms with van der Waals surface area (Å²) in [5, 5.41) is 19.5. The minimum atomic E-state index is -1.03. The molecule has 1 amide bonds. The van der Waals surface area contributed by atoms with Crippen molar-refractivity contribution in [3.8, 4) is 11.5 Å². The first-order valence-electron chi connectivity index (χ1n) is 11.2. The molecular formula is C23H28N4O5S2. The van der Waals surface area contributed by atoms with Crippen LogP contribution in [0.15, 0.2) is 28.1 Å². The first-order valence-corrected chi connectivity index (χ1v) is 12.8. The number of thioether (sulfide) groups is 1. The standard InChI is InChI=1S/C23H28N4O5S2/c1-5-11-27-20(28)18(33-23(27)24-22-26-25-19(7-3)34-22)13-14-9-10-16(17(12-14)31-8-4)32-15(6-2)21(29)30/h9-10,12-13,15H,5-8,11H2,1-4H3,(H,29,30)/b18-13+,24-23+. The lowest BCUT2D eigenvalue weighted by Crippen LogP contribution is -2.29. The van der Waals surface area contributed by atoms with Gasteiger partial charge in [0.15, 0.2) is 22.8 Å². The number of hydrogen-bond acceptors (Lipinski definition) is 9. The molecule has 1 unspecified atom stereocenters. The number of aliphatic carboxylic acids is 1. The van der Waals surface area contributed by atoms with Gasteiger partial charge < -0.3 is 14.6 Å². The number of hydrogen-bond donors (Lipinski definition) is 1. The average Bonchev–Trinajstić information content (AvgIpc) is 3.39. The van der Waals surface area contributed by atoms with Crippen molar-refractivity contribution >= 4 is 51.4 Å². The van der Waals surface area contributed by atoms with Crippen molar-refractivity contribution in [3.63, 3.8) is 0 Å². The number of carbonyl (C=O) groups excluding carboxylic acids is 1. The average molecular weight is 505 g/mol. The lowest BCUT2D eigenvalue weighted by Gasteiger charge is -2.17. The summed E-state index contributed by atoms with van der Waals surface area (Å²) in [6, 6.07) is 5.18. The molecule has 1 N–H and O–H groups in total. The molecule has 3 rings (SSSR count). The monoisotopic (exact) mass is 504 g/mol. The number of aliphatic imine (C=N–C) groups is 1. The lowest BCUT2D eigenvalue weighted by atomic mass is 10.1. The Morgan fingerprint density at radius 3 is 2.65 bits per heavy atom. The Morgan fingerprint density at radius 1 is 1.24 bits per heavy atom. The second-order valence-corrected chi connectivity index (χ2v) is 9.34. The molecule has 0 bridgehead atoms. The molecule has 0 saturated carbocycles. The number of amidine groups is 1. The van der Waals surface area contributed by atoms with Crippen LogP contribution in [0.25, 0.3) is 6.08 Å². The van der Waals surface area contributed by atoms with Crippen molar-refractivity contribution in [2.24, 2.45) is 4.99 Å². The third-order valence-corrected chi connectivity index (χ3v) is 6.73. The minimum absolute atomic E-state index is 0.124. The minimum Gasteiger partial charge on any atom is -0.490 e. The second kappa shape index (κ2) is 12.0. The first-order chi connectivity index (χ1) is 16.4. The molecular weight excluding hydrogens is 476 g/mol. The van der Waals surface area contributed by atoms with E-state index in [0.29, 0.717) is 46.3 Å². The molecule has 1 aliphatic rings. The second-order valence-electron chi connectivity index (χ2n) is 7.29. The van der Waals surface area contributed by atoms with Gasteiger partial charge in [-0.3, -0.25) is 9.69 Å². The highest BCUT2D eigenvalue weighted by Crippen LogP contribution is 2.36. The van der Waals surface area contributed by atoms with E-state index in [4.69, 9.17) is 9.47 Å². The summed E-state index contributed by atoms with van der Waals surface area (Å²) in [4.78, 5) is 31.2. The zero-order valence-electron chi connectivity index (χ0n) is 19.6. The number of carboxylic acids is 1. The predicted molar refractivity (Wildman–Crippen MR) is 134 cm³/mol. The van der Waals surface area contributed by atoms with Gasteiger partial charge in [0.1, 0.15) is 5.01 Å². The van der Waals surface area contributed by atoms with Crippen LogP contribution in [0.1, 0.15) is 51.1 Å². The number of nitrogens with zero attached hydrogens (tertiary/aromatic N) is 4. The van der Waals surface area contributed by atoms with E-state index in [2.05, 4.69) is 15.2 Å². The Kier molecular flexibility index (Phi) is 9.05. The summed E-state index contributed by atoms with van der Waals surface area (Å²) in [7, 11) is 0. The highest BCUT2D eigenvalue weighted by Gasteiger charge is 2.33. The number of carboxylic acid groups (broad SMARTS) is 1. The van der Waals surface area contributed by atoms with Gasteiger partial charge in [-0.05, 0) is 61.7 Å². The fourth-order valence-corrected chi connectivity index (χ4v) is 4.83. The Labute approximate surface area is 206 Å². The van der Waals surface area contributed by atoms with E-state index in [1.807, 2.05) is 20.8 Å². The van der Waals surface area contributed by atoms with Crippen molar-refractivity contribution in [2.45, 2.75) is 53.1 Å². The third-order valence-electron chi connectivity index (χ3n) is 4.77. The molecule has 1 fully saturated rings. The number of ether oxygens (including phenoxy) is 2. The van der Waals surface area contributed by atoms with E-state index in [-0.39, 0.29) is 5.91 Å². The quantitative estimate of drug-likeness (QED) is 0.436. The van der Waals surface area contributed by atoms with Crippen LogP contribution in [0.2, 0.25) is 0 Å². The smallest absolute Gasteiger partial charge is 0.344 e. The van der Waals surface area contributed by atoms with Crippen molar-refractivity contribution in [3.05, 3.63) is 33.7 Å². The van der Waals surface area contributed by atoms with Crippen molar-refractivity contribution in [1.82, 2.24) is 15.1 Å². The largest absolute Gasteiger partial charge is 0.490 e. The van der Waals surface area contributed by atoms with Gasteiger partial charge in [-0.1, -0.05) is 38.2 Å². The van der Waals surface area contributed by atoms with Crippen molar-refractivity contribution < 1.29 is 24.2 Å². The normalized spacial score (nSPS) is 16.9. The van der Waals surface area contributed by atoms with E-state index in [1.165, 1.54) is 23.1 Å². The molecule has 0 spiro atoms. The van der Waals surface area contributed by atoms with Crippen LogP contribution < -0.4 is 9.47 Å². The maximum Gasteiger partial charge on any atom is 0.344 e. The zero-order chi connectivity index (χ0) is 24.7. The topological polar surface area (TPSA) is 114 Å². The fraction of sp³-hybridized carbons (Fsp3) is 0.435. The highest BCUT2D eigenvalue weighted by molar-refractivity contribution is 8.18. The number of aryl methyl sites for hydroxylation is 1. The Bertz CT molecular complexity index is 1100. The van der Waals surface area contributed by atoms with Gasteiger partial charge in [0.2, 0.25) is 5.13 Å². The molecule has 2 aromatic rings. The third kappa shape index (κ3) is 6.15. The molecule has 11 heteroatoms. The molecule has 34 heavy (non-hydrogen) atoms. The van der Waals surface area contributed by atoms with Crippen LogP contribution >= 0.6 is 23.1 Å². The Morgan fingerprint density at radius 2 is 2.03 bits per heavy atom. The van der Waals surface area contributed by atoms with Gasteiger partial charge in [0, 0.05) is 6.54 Å².